The van der Waals surface area contributed by atoms with E-state index in [-0.39, 0.29) is 22.8 Å². The molecule has 2 rings (SSSR count). The summed E-state index contributed by atoms with van der Waals surface area (Å²) >= 11 is 1.73. The number of hydrogen-bond donors (Lipinski definition) is 1. The van der Waals surface area contributed by atoms with Crippen molar-refractivity contribution in [3.05, 3.63) is 29.8 Å². The number of hydrogen-bond acceptors (Lipinski definition) is 3. The van der Waals surface area contributed by atoms with Crippen molar-refractivity contribution in [2.75, 3.05) is 19.3 Å². The van der Waals surface area contributed by atoms with Crippen LogP contribution in [0.2, 0.25) is 0 Å². The summed E-state index contributed by atoms with van der Waals surface area (Å²) in [5.74, 6) is 1.65. The number of phenolic OH excluding ortho intramolecular Hbond substituents is 1. The molecule has 0 aliphatic carbocycles. The van der Waals surface area contributed by atoms with Crippen LogP contribution in [0.5, 0.6) is 5.75 Å². The molecule has 1 fully saturated rings. The maximum Gasteiger partial charge on any atom is 0.236 e. The Bertz CT molecular complexity index is 404. The van der Waals surface area contributed by atoms with E-state index in [9.17, 15) is 9.90 Å². The molecule has 0 bridgehead atoms. The Balaban J connectivity index is 2.16. The van der Waals surface area contributed by atoms with Crippen LogP contribution in [-0.2, 0) is 4.79 Å². The van der Waals surface area contributed by atoms with Crippen LogP contribution in [0.4, 0.5) is 0 Å². The molecule has 1 N–H and O–H groups in total. The maximum absolute atomic E-state index is 12.1. The van der Waals surface area contributed by atoms with Crippen LogP contribution in [0.25, 0.3) is 0 Å². The van der Waals surface area contributed by atoms with E-state index in [1.165, 1.54) is 0 Å². The Morgan fingerprint density at radius 2 is 2.06 bits per heavy atom. The van der Waals surface area contributed by atoms with Gasteiger partial charge >= 0.3 is 0 Å². The van der Waals surface area contributed by atoms with Crippen LogP contribution < -0.4 is 0 Å². The smallest absolute Gasteiger partial charge is 0.236 e. The fraction of sp³-hybridized carbons (Fsp3) is 0.462. The molecule has 0 aromatic heterocycles. The summed E-state index contributed by atoms with van der Waals surface area (Å²) in [4.78, 5) is 13.9. The number of rotatable bonds is 2. The topological polar surface area (TPSA) is 40.5 Å². The van der Waals surface area contributed by atoms with E-state index in [0.717, 1.165) is 17.9 Å². The number of phenols is 1. The molecular weight excluding hydrogens is 234 g/mol. The lowest BCUT2D eigenvalue weighted by atomic mass is 9.96. The predicted molar refractivity (Wildman–Crippen MR) is 70.4 cm³/mol. The predicted octanol–water partition coefficient (Wildman–Crippen LogP) is 2.07. The van der Waals surface area contributed by atoms with Gasteiger partial charge in [0.1, 0.15) is 5.75 Å². The molecular formula is C13H17NO2S. The molecule has 0 saturated carbocycles. The highest BCUT2D eigenvalue weighted by molar-refractivity contribution is 8.00. The quantitative estimate of drug-likeness (QED) is 0.874. The SMILES string of the molecule is CC(c1ccc(O)cc1)C1SCCN(C)C1=O. The molecule has 4 heteroatoms. The Hall–Kier alpha value is -1.16. The number of thioether (sulfide) groups is 1. The van der Waals surface area contributed by atoms with Gasteiger partial charge in [0.25, 0.3) is 0 Å². The Kier molecular flexibility index (Phi) is 3.62. The number of carbonyl (C=O) groups excluding carboxylic acids is 1. The van der Waals surface area contributed by atoms with Gasteiger partial charge in [0, 0.05) is 25.3 Å². The van der Waals surface area contributed by atoms with Crippen molar-refractivity contribution in [2.45, 2.75) is 18.1 Å². The summed E-state index contributed by atoms with van der Waals surface area (Å²) in [6.07, 6.45) is 0. The van der Waals surface area contributed by atoms with Crippen LogP contribution in [-0.4, -0.2) is 40.5 Å². The van der Waals surface area contributed by atoms with Gasteiger partial charge in [-0.15, -0.1) is 11.8 Å². The van der Waals surface area contributed by atoms with Crippen molar-refractivity contribution in [2.24, 2.45) is 0 Å². The van der Waals surface area contributed by atoms with Crippen molar-refractivity contribution in [1.82, 2.24) is 4.90 Å². The minimum atomic E-state index is -0.00158. The summed E-state index contributed by atoms with van der Waals surface area (Å²) in [6, 6.07) is 7.13. The molecule has 92 valence electrons. The first-order valence-corrected chi connectivity index (χ1v) is 6.80. The zero-order valence-electron chi connectivity index (χ0n) is 10.1. The minimum Gasteiger partial charge on any atom is -0.508 e. The summed E-state index contributed by atoms with van der Waals surface area (Å²) in [6.45, 7) is 2.91. The fourth-order valence-corrected chi connectivity index (χ4v) is 3.43. The lowest BCUT2D eigenvalue weighted by Crippen LogP contribution is -2.43. The molecule has 1 aromatic rings. The van der Waals surface area contributed by atoms with Gasteiger partial charge in [-0.25, -0.2) is 0 Å². The third-order valence-electron chi connectivity index (χ3n) is 3.22. The van der Waals surface area contributed by atoms with Gasteiger partial charge in [0.05, 0.1) is 5.25 Å². The fourth-order valence-electron chi connectivity index (χ4n) is 2.03. The van der Waals surface area contributed by atoms with Gasteiger partial charge in [-0.1, -0.05) is 19.1 Å². The maximum atomic E-state index is 12.1. The molecule has 1 aromatic carbocycles. The lowest BCUT2D eigenvalue weighted by Gasteiger charge is -2.32. The third kappa shape index (κ3) is 2.57. The van der Waals surface area contributed by atoms with E-state index in [0.29, 0.717) is 0 Å². The van der Waals surface area contributed by atoms with Gasteiger partial charge < -0.3 is 10.0 Å². The van der Waals surface area contributed by atoms with E-state index in [4.69, 9.17) is 0 Å². The minimum absolute atomic E-state index is 0.00158. The van der Waals surface area contributed by atoms with Gasteiger partial charge in [0.15, 0.2) is 0 Å². The number of carbonyl (C=O) groups is 1. The van der Waals surface area contributed by atoms with Crippen molar-refractivity contribution in [1.29, 1.82) is 0 Å². The summed E-state index contributed by atoms with van der Waals surface area (Å²) in [7, 11) is 1.86. The van der Waals surface area contributed by atoms with Gasteiger partial charge in [-0.3, -0.25) is 4.79 Å². The summed E-state index contributed by atoms with van der Waals surface area (Å²) in [5.41, 5.74) is 1.10. The van der Waals surface area contributed by atoms with Crippen molar-refractivity contribution < 1.29 is 9.90 Å². The third-order valence-corrected chi connectivity index (χ3v) is 4.60. The standard InChI is InChI=1S/C13H17NO2S/c1-9(10-3-5-11(15)6-4-10)12-13(16)14(2)7-8-17-12/h3-6,9,12,15H,7-8H2,1-2H3. The van der Waals surface area contributed by atoms with E-state index < -0.39 is 0 Å². The van der Waals surface area contributed by atoms with Crippen molar-refractivity contribution >= 4 is 17.7 Å². The molecule has 0 spiro atoms. The number of amides is 1. The molecule has 17 heavy (non-hydrogen) atoms. The Morgan fingerprint density at radius 3 is 2.71 bits per heavy atom. The average Bonchev–Trinajstić information content (AvgIpc) is 2.33. The molecule has 2 unspecified atom stereocenters. The monoisotopic (exact) mass is 251 g/mol. The van der Waals surface area contributed by atoms with Crippen LogP contribution in [0, 0.1) is 0 Å². The van der Waals surface area contributed by atoms with Crippen molar-refractivity contribution in [3.8, 4) is 5.75 Å². The second kappa shape index (κ2) is 5.00. The summed E-state index contributed by atoms with van der Waals surface area (Å²) in [5, 5.41) is 9.26. The molecule has 3 nitrogen and oxygen atoms in total. The molecule has 1 aliphatic rings. The first kappa shape index (κ1) is 12.3. The zero-order valence-corrected chi connectivity index (χ0v) is 10.9. The molecule has 0 radical (unpaired) electrons. The van der Waals surface area contributed by atoms with Crippen LogP contribution in [0.1, 0.15) is 18.4 Å². The first-order chi connectivity index (χ1) is 8.09. The highest BCUT2D eigenvalue weighted by Crippen LogP contribution is 2.32. The normalized spacial score (nSPS) is 22.6. The summed E-state index contributed by atoms with van der Waals surface area (Å²) < 4.78 is 0. The van der Waals surface area contributed by atoms with E-state index >= 15 is 0 Å². The Morgan fingerprint density at radius 1 is 1.41 bits per heavy atom. The van der Waals surface area contributed by atoms with E-state index in [1.807, 2.05) is 19.2 Å². The number of aromatic hydroxyl groups is 1. The average molecular weight is 251 g/mol. The molecule has 1 heterocycles. The number of benzene rings is 1. The second-order valence-corrected chi connectivity index (χ2v) is 5.68. The lowest BCUT2D eigenvalue weighted by molar-refractivity contribution is -0.129. The highest BCUT2D eigenvalue weighted by atomic mass is 32.2. The molecule has 2 atom stereocenters. The van der Waals surface area contributed by atoms with E-state index in [2.05, 4.69) is 6.92 Å². The largest absolute Gasteiger partial charge is 0.508 e. The van der Waals surface area contributed by atoms with Gasteiger partial charge in [-0.2, -0.15) is 0 Å². The van der Waals surface area contributed by atoms with Crippen LogP contribution in [0.15, 0.2) is 24.3 Å². The first-order valence-electron chi connectivity index (χ1n) is 5.75. The Labute approximate surface area is 106 Å². The molecule has 1 saturated heterocycles. The number of nitrogens with zero attached hydrogens (tertiary/aromatic N) is 1. The van der Waals surface area contributed by atoms with Crippen LogP contribution in [0.3, 0.4) is 0 Å². The van der Waals surface area contributed by atoms with Gasteiger partial charge in [0.2, 0.25) is 5.91 Å². The van der Waals surface area contributed by atoms with Gasteiger partial charge in [-0.05, 0) is 17.7 Å². The van der Waals surface area contributed by atoms with Crippen LogP contribution >= 0.6 is 11.8 Å². The highest BCUT2D eigenvalue weighted by Gasteiger charge is 2.32. The van der Waals surface area contributed by atoms with Crippen molar-refractivity contribution in [3.63, 3.8) is 0 Å². The second-order valence-electron chi connectivity index (χ2n) is 4.43. The van der Waals surface area contributed by atoms with E-state index in [1.54, 1.807) is 28.8 Å². The zero-order chi connectivity index (χ0) is 12.4. The molecule has 1 aliphatic heterocycles. The molecule has 1 amide bonds.